The number of thiophene rings is 1. The van der Waals surface area contributed by atoms with E-state index in [4.69, 9.17) is 0 Å². The molecule has 0 aliphatic carbocycles. The summed E-state index contributed by atoms with van der Waals surface area (Å²) < 4.78 is 1.36. The maximum Gasteiger partial charge on any atom is 0.252 e. The summed E-state index contributed by atoms with van der Waals surface area (Å²) >= 11 is 1.59. The Morgan fingerprint density at radius 1 is 1.54 bits per heavy atom. The zero-order valence-electron chi connectivity index (χ0n) is 6.88. The lowest BCUT2D eigenvalue weighted by atomic mass is 10.3. The van der Waals surface area contributed by atoms with E-state index in [1.54, 1.807) is 29.8 Å². The van der Waals surface area contributed by atoms with Crippen LogP contribution in [-0.2, 0) is 6.42 Å². The van der Waals surface area contributed by atoms with Gasteiger partial charge >= 0.3 is 0 Å². The van der Waals surface area contributed by atoms with E-state index in [2.05, 4.69) is 5.10 Å². The van der Waals surface area contributed by atoms with Gasteiger partial charge in [0.1, 0.15) is 0 Å². The molecule has 0 fully saturated rings. The van der Waals surface area contributed by atoms with Gasteiger partial charge in [-0.05, 0) is 17.5 Å². The highest BCUT2D eigenvalue weighted by atomic mass is 32.1. The van der Waals surface area contributed by atoms with Crippen LogP contribution in [0.25, 0.3) is 0 Å². The van der Waals surface area contributed by atoms with Crippen molar-refractivity contribution >= 4 is 17.2 Å². The first-order valence-electron chi connectivity index (χ1n) is 3.91. The molecular formula is C9H8N2OS. The van der Waals surface area contributed by atoms with Crippen molar-refractivity contribution < 1.29 is 4.79 Å². The van der Waals surface area contributed by atoms with Crippen LogP contribution in [0.2, 0.25) is 0 Å². The molecule has 0 unspecified atom stereocenters. The molecule has 0 aliphatic heterocycles. The monoisotopic (exact) mass is 192 g/mol. The van der Waals surface area contributed by atoms with Crippen LogP contribution in [0.3, 0.4) is 0 Å². The van der Waals surface area contributed by atoms with Crippen molar-refractivity contribution in [2.24, 2.45) is 0 Å². The van der Waals surface area contributed by atoms with E-state index in [9.17, 15) is 4.79 Å². The minimum Gasteiger partial charge on any atom is -0.272 e. The van der Waals surface area contributed by atoms with Crippen molar-refractivity contribution in [1.82, 2.24) is 9.78 Å². The third-order valence-electron chi connectivity index (χ3n) is 1.67. The molecule has 0 saturated carbocycles. The van der Waals surface area contributed by atoms with Crippen LogP contribution >= 0.6 is 11.3 Å². The Morgan fingerprint density at radius 2 is 2.46 bits per heavy atom. The van der Waals surface area contributed by atoms with Crippen LogP contribution in [0, 0.1) is 0 Å². The van der Waals surface area contributed by atoms with Gasteiger partial charge in [0.2, 0.25) is 0 Å². The maximum atomic E-state index is 11.5. The van der Waals surface area contributed by atoms with Crippen molar-refractivity contribution in [3.8, 4) is 0 Å². The van der Waals surface area contributed by atoms with E-state index in [1.807, 2.05) is 17.5 Å². The third-order valence-corrected chi connectivity index (χ3v) is 2.54. The van der Waals surface area contributed by atoms with Crippen LogP contribution < -0.4 is 0 Å². The van der Waals surface area contributed by atoms with E-state index in [0.717, 1.165) is 4.88 Å². The molecule has 4 heteroatoms. The molecule has 0 aromatic carbocycles. The Hall–Kier alpha value is -1.42. The smallest absolute Gasteiger partial charge is 0.252 e. The SMILES string of the molecule is O=C(Cc1cccs1)n1cccn1. The molecule has 2 rings (SSSR count). The highest BCUT2D eigenvalue weighted by Crippen LogP contribution is 2.09. The predicted molar refractivity (Wildman–Crippen MR) is 50.9 cm³/mol. The van der Waals surface area contributed by atoms with E-state index in [-0.39, 0.29) is 5.91 Å². The summed E-state index contributed by atoms with van der Waals surface area (Å²) in [5, 5.41) is 5.83. The predicted octanol–water partition coefficient (Wildman–Crippen LogP) is 1.83. The van der Waals surface area contributed by atoms with Gasteiger partial charge in [0.05, 0.1) is 6.42 Å². The molecule has 2 aromatic rings. The lowest BCUT2D eigenvalue weighted by Crippen LogP contribution is -2.12. The molecule has 0 N–H and O–H groups in total. The zero-order valence-corrected chi connectivity index (χ0v) is 7.70. The van der Waals surface area contributed by atoms with E-state index < -0.39 is 0 Å². The molecule has 0 bridgehead atoms. The van der Waals surface area contributed by atoms with Gasteiger partial charge in [0.15, 0.2) is 0 Å². The largest absolute Gasteiger partial charge is 0.272 e. The summed E-state index contributed by atoms with van der Waals surface area (Å²) in [4.78, 5) is 12.6. The molecule has 2 heterocycles. The Morgan fingerprint density at radius 3 is 3.08 bits per heavy atom. The van der Waals surface area contributed by atoms with Gasteiger partial charge in [0.25, 0.3) is 5.91 Å². The number of nitrogens with zero attached hydrogens (tertiary/aromatic N) is 2. The van der Waals surface area contributed by atoms with Gasteiger partial charge in [-0.1, -0.05) is 6.07 Å². The summed E-state index contributed by atoms with van der Waals surface area (Å²) in [6.07, 6.45) is 3.70. The molecule has 0 spiro atoms. The van der Waals surface area contributed by atoms with Gasteiger partial charge in [0, 0.05) is 17.3 Å². The fourth-order valence-electron chi connectivity index (χ4n) is 1.06. The first-order chi connectivity index (χ1) is 6.36. The quantitative estimate of drug-likeness (QED) is 0.727. The highest BCUT2D eigenvalue weighted by molar-refractivity contribution is 7.10. The fourth-order valence-corrected chi connectivity index (χ4v) is 1.76. The number of aromatic nitrogens is 2. The first-order valence-corrected chi connectivity index (χ1v) is 4.79. The normalized spacial score (nSPS) is 10.2. The number of hydrogen-bond donors (Lipinski definition) is 0. The molecule has 0 atom stereocenters. The van der Waals surface area contributed by atoms with E-state index in [0.29, 0.717) is 6.42 Å². The second kappa shape index (κ2) is 3.53. The number of carbonyl (C=O) groups excluding carboxylic acids is 1. The van der Waals surface area contributed by atoms with Gasteiger partial charge in [-0.2, -0.15) is 5.10 Å². The summed E-state index contributed by atoms with van der Waals surface area (Å²) in [6, 6.07) is 5.63. The lowest BCUT2D eigenvalue weighted by molar-refractivity contribution is 0.0899. The average Bonchev–Trinajstić information content (AvgIpc) is 2.74. The molecule has 0 aliphatic rings. The second-order valence-electron chi connectivity index (χ2n) is 2.60. The molecular weight excluding hydrogens is 184 g/mol. The molecule has 66 valence electrons. The van der Waals surface area contributed by atoms with Crippen LogP contribution in [0.4, 0.5) is 0 Å². The number of carbonyl (C=O) groups is 1. The van der Waals surface area contributed by atoms with Crippen LogP contribution in [-0.4, -0.2) is 15.7 Å². The van der Waals surface area contributed by atoms with Gasteiger partial charge < -0.3 is 0 Å². The Bertz CT molecular complexity index is 378. The van der Waals surface area contributed by atoms with Crippen LogP contribution in [0.1, 0.15) is 9.67 Å². The lowest BCUT2D eigenvalue weighted by Gasteiger charge is -1.96. The minimum absolute atomic E-state index is 0.00690. The van der Waals surface area contributed by atoms with Crippen molar-refractivity contribution in [3.05, 3.63) is 40.8 Å². The van der Waals surface area contributed by atoms with Crippen LogP contribution in [0.5, 0.6) is 0 Å². The molecule has 0 amide bonds. The molecule has 13 heavy (non-hydrogen) atoms. The first kappa shape index (κ1) is 8.19. The number of rotatable bonds is 2. The van der Waals surface area contributed by atoms with Gasteiger partial charge in [-0.25, -0.2) is 4.68 Å². The number of hydrogen-bond acceptors (Lipinski definition) is 3. The molecule has 0 saturated heterocycles. The Labute approximate surface area is 79.6 Å². The molecule has 3 nitrogen and oxygen atoms in total. The average molecular weight is 192 g/mol. The van der Waals surface area contributed by atoms with E-state index >= 15 is 0 Å². The van der Waals surface area contributed by atoms with E-state index in [1.165, 1.54) is 4.68 Å². The van der Waals surface area contributed by atoms with Gasteiger partial charge in [-0.3, -0.25) is 4.79 Å². The summed E-state index contributed by atoms with van der Waals surface area (Å²) in [7, 11) is 0. The second-order valence-corrected chi connectivity index (χ2v) is 3.63. The summed E-state index contributed by atoms with van der Waals surface area (Å²) in [5.41, 5.74) is 0. The summed E-state index contributed by atoms with van der Waals surface area (Å²) in [5.74, 6) is 0.00690. The van der Waals surface area contributed by atoms with Crippen molar-refractivity contribution in [1.29, 1.82) is 0 Å². The molecule has 2 aromatic heterocycles. The van der Waals surface area contributed by atoms with Crippen molar-refractivity contribution in [3.63, 3.8) is 0 Å². The maximum absolute atomic E-state index is 11.5. The fraction of sp³-hybridized carbons (Fsp3) is 0.111. The zero-order chi connectivity index (χ0) is 9.10. The van der Waals surface area contributed by atoms with Gasteiger partial charge in [-0.15, -0.1) is 11.3 Å². The Kier molecular flexibility index (Phi) is 2.23. The highest BCUT2D eigenvalue weighted by Gasteiger charge is 2.05. The Balaban J connectivity index is 2.08. The van der Waals surface area contributed by atoms with Crippen molar-refractivity contribution in [2.45, 2.75) is 6.42 Å². The van der Waals surface area contributed by atoms with Crippen LogP contribution in [0.15, 0.2) is 36.0 Å². The van der Waals surface area contributed by atoms with Crippen molar-refractivity contribution in [2.75, 3.05) is 0 Å². The summed E-state index contributed by atoms with van der Waals surface area (Å²) in [6.45, 7) is 0. The topological polar surface area (TPSA) is 34.9 Å². The standard InChI is InChI=1S/C9H8N2OS/c12-9(11-5-2-4-10-11)7-8-3-1-6-13-8/h1-6H,7H2. The third kappa shape index (κ3) is 1.84. The minimum atomic E-state index is 0.00690. The molecule has 0 radical (unpaired) electrons.